The molecule has 0 saturated heterocycles. The molecule has 0 atom stereocenters. The first-order valence-corrected chi connectivity index (χ1v) is 12.0. The van der Waals surface area contributed by atoms with E-state index >= 15 is 0 Å². The Balaban J connectivity index is 0.00000158. The molecule has 0 saturated carbocycles. The highest BCUT2D eigenvalue weighted by Crippen LogP contribution is 2.22. The lowest BCUT2D eigenvalue weighted by atomic mass is 10.1. The topological polar surface area (TPSA) is 41.0 Å². The lowest BCUT2D eigenvalue weighted by Crippen LogP contribution is -2.25. The van der Waals surface area contributed by atoms with E-state index in [2.05, 4.69) is 74.8 Å². The van der Waals surface area contributed by atoms with Crippen molar-refractivity contribution >= 4 is 41.5 Å². The summed E-state index contributed by atoms with van der Waals surface area (Å²) in [5.74, 6) is 1.59. The summed E-state index contributed by atoms with van der Waals surface area (Å²) in [5.41, 5.74) is 3.25. The molecule has 33 heavy (non-hydrogen) atoms. The molecule has 4 nitrogen and oxygen atoms in total. The summed E-state index contributed by atoms with van der Waals surface area (Å²) in [5, 5.41) is 4.55. The lowest BCUT2D eigenvalue weighted by molar-refractivity contribution is 0.367. The zero-order valence-corrected chi connectivity index (χ0v) is 22.2. The van der Waals surface area contributed by atoms with E-state index in [4.69, 9.17) is 9.97 Å². The molecule has 0 unspecified atom stereocenters. The third-order valence-electron chi connectivity index (χ3n) is 4.51. The largest absolute Gasteiger partial charge is 0.368 e. The molecular formula is C28H40N4S. The van der Waals surface area contributed by atoms with Gasteiger partial charge in [-0.25, -0.2) is 9.97 Å². The van der Waals surface area contributed by atoms with Crippen LogP contribution in [0, 0.1) is 19.8 Å². The maximum Gasteiger partial charge on any atom is 0.154 e. The second kappa shape index (κ2) is 17.7. The number of fused-ring (bicyclic) bond motifs is 1. The Morgan fingerprint density at radius 3 is 2.21 bits per heavy atom. The molecule has 1 aromatic heterocycles. The monoisotopic (exact) mass is 464 g/mol. The van der Waals surface area contributed by atoms with Crippen LogP contribution in [-0.4, -0.2) is 41.5 Å². The predicted octanol–water partition coefficient (Wildman–Crippen LogP) is 7.06. The van der Waals surface area contributed by atoms with Gasteiger partial charge in [-0.05, 0) is 56.4 Å². The fraction of sp³-hybridized carbons (Fsp3) is 0.357. The first kappa shape index (κ1) is 30.2. The van der Waals surface area contributed by atoms with E-state index in [0.717, 1.165) is 46.8 Å². The molecule has 3 aromatic rings. The standard InChI is InChI=1S/C22H26N4S.2C2H6.C2H2/c1-4-26(3)14-13-23-22-19-15-16(2)5-11-20(19)24-21(25-22)12-8-17-6-9-18(27)10-7-17;3*1-2/h5-12,15,27H,4,13-14H2,1-3H3,(H,23,24,25);2*1-2H3;1-2H/b12-8+;;;. The Morgan fingerprint density at radius 1 is 0.970 bits per heavy atom. The van der Waals surface area contributed by atoms with Crippen LogP contribution < -0.4 is 5.32 Å². The summed E-state index contributed by atoms with van der Waals surface area (Å²) >= 11 is 4.33. The first-order chi connectivity index (χ1) is 16.0. The molecule has 1 N–H and O–H groups in total. The fourth-order valence-corrected chi connectivity index (χ4v) is 2.90. The van der Waals surface area contributed by atoms with E-state index in [1.807, 2.05) is 64.1 Å². The van der Waals surface area contributed by atoms with Crippen molar-refractivity contribution in [3.63, 3.8) is 0 Å². The van der Waals surface area contributed by atoms with Gasteiger partial charge in [-0.1, -0.05) is 64.5 Å². The van der Waals surface area contributed by atoms with Crippen LogP contribution in [-0.2, 0) is 0 Å². The third kappa shape index (κ3) is 10.6. The van der Waals surface area contributed by atoms with Crippen molar-refractivity contribution in [3.05, 3.63) is 59.4 Å². The van der Waals surface area contributed by atoms with E-state index < -0.39 is 0 Å². The summed E-state index contributed by atoms with van der Waals surface area (Å²) in [6, 6.07) is 14.3. The number of aromatic nitrogens is 2. The normalized spacial score (nSPS) is 9.91. The molecule has 0 amide bonds. The van der Waals surface area contributed by atoms with Gasteiger partial charge in [0, 0.05) is 23.4 Å². The maximum atomic E-state index is 4.75. The summed E-state index contributed by atoms with van der Waals surface area (Å²) in [4.78, 5) is 12.7. The SMILES string of the molecule is C#C.CC.CC.CCN(C)CCNc1nc(/C=C/c2ccc(S)cc2)nc2ccc(C)cc12. The zero-order chi connectivity index (χ0) is 25.2. The average molecular weight is 465 g/mol. The van der Waals surface area contributed by atoms with E-state index in [9.17, 15) is 0 Å². The average Bonchev–Trinajstić information content (AvgIpc) is 2.87. The van der Waals surface area contributed by atoms with E-state index in [0.29, 0.717) is 5.82 Å². The number of benzene rings is 2. The van der Waals surface area contributed by atoms with Crippen molar-refractivity contribution in [2.75, 3.05) is 32.0 Å². The molecule has 1 heterocycles. The van der Waals surface area contributed by atoms with E-state index in [1.54, 1.807) is 0 Å². The smallest absolute Gasteiger partial charge is 0.154 e. The summed E-state index contributed by atoms with van der Waals surface area (Å²) < 4.78 is 0. The van der Waals surface area contributed by atoms with E-state index in [-0.39, 0.29) is 0 Å². The number of nitrogens with zero attached hydrogens (tertiary/aromatic N) is 3. The fourth-order valence-electron chi connectivity index (χ4n) is 2.75. The van der Waals surface area contributed by atoms with Crippen LogP contribution in [0.2, 0.25) is 0 Å². The van der Waals surface area contributed by atoms with Crippen LogP contribution in [0.1, 0.15) is 51.6 Å². The lowest BCUT2D eigenvalue weighted by Gasteiger charge is -2.15. The van der Waals surface area contributed by atoms with Crippen molar-refractivity contribution in [3.8, 4) is 12.8 Å². The number of anilines is 1. The summed E-state index contributed by atoms with van der Waals surface area (Å²) in [7, 11) is 2.12. The minimum absolute atomic E-state index is 0.702. The quantitative estimate of drug-likeness (QED) is 0.290. The molecule has 2 aromatic carbocycles. The van der Waals surface area contributed by atoms with Crippen molar-refractivity contribution < 1.29 is 0 Å². The molecule has 0 aliphatic heterocycles. The molecule has 0 fully saturated rings. The Hall–Kier alpha value is -2.81. The number of nitrogens with one attached hydrogen (secondary N) is 1. The molecule has 3 rings (SSSR count). The second-order valence-corrected chi connectivity index (χ2v) is 7.21. The van der Waals surface area contributed by atoms with Gasteiger partial charge in [-0.15, -0.1) is 25.5 Å². The number of hydrogen-bond acceptors (Lipinski definition) is 5. The molecule has 0 radical (unpaired) electrons. The van der Waals surface area contributed by atoms with Crippen LogP contribution in [0.4, 0.5) is 5.82 Å². The van der Waals surface area contributed by atoms with Crippen molar-refractivity contribution in [1.82, 2.24) is 14.9 Å². The van der Waals surface area contributed by atoms with Crippen LogP contribution in [0.15, 0.2) is 47.4 Å². The Labute approximate surface area is 207 Å². The number of hydrogen-bond donors (Lipinski definition) is 2. The minimum atomic E-state index is 0.702. The maximum absolute atomic E-state index is 4.75. The minimum Gasteiger partial charge on any atom is -0.368 e. The van der Waals surface area contributed by atoms with Crippen LogP contribution in [0.5, 0.6) is 0 Å². The Kier molecular flexibility index (Phi) is 16.2. The van der Waals surface area contributed by atoms with Crippen molar-refractivity contribution in [2.24, 2.45) is 0 Å². The molecule has 178 valence electrons. The molecule has 0 aliphatic carbocycles. The molecular weight excluding hydrogens is 424 g/mol. The van der Waals surface area contributed by atoms with Gasteiger partial charge in [0.25, 0.3) is 0 Å². The van der Waals surface area contributed by atoms with Gasteiger partial charge in [0.05, 0.1) is 5.52 Å². The molecule has 5 heteroatoms. The third-order valence-corrected chi connectivity index (χ3v) is 4.81. The molecule has 0 bridgehead atoms. The highest BCUT2D eigenvalue weighted by molar-refractivity contribution is 7.80. The Bertz CT molecular complexity index is 978. The molecule has 0 spiro atoms. The van der Waals surface area contributed by atoms with Gasteiger partial charge in [-0.3, -0.25) is 0 Å². The first-order valence-electron chi connectivity index (χ1n) is 11.6. The highest BCUT2D eigenvalue weighted by atomic mass is 32.1. The van der Waals surface area contributed by atoms with Crippen molar-refractivity contribution in [1.29, 1.82) is 0 Å². The van der Waals surface area contributed by atoms with Gasteiger partial charge in [0.1, 0.15) is 5.82 Å². The summed E-state index contributed by atoms with van der Waals surface area (Å²) in [6.07, 6.45) is 12.0. The highest BCUT2D eigenvalue weighted by Gasteiger charge is 2.07. The predicted molar refractivity (Wildman–Crippen MR) is 151 cm³/mol. The van der Waals surface area contributed by atoms with Gasteiger partial charge in [-0.2, -0.15) is 0 Å². The van der Waals surface area contributed by atoms with E-state index in [1.165, 1.54) is 5.56 Å². The number of terminal acetylenes is 1. The Morgan fingerprint density at radius 2 is 1.61 bits per heavy atom. The van der Waals surface area contributed by atoms with Gasteiger partial charge in [0.15, 0.2) is 5.82 Å². The number of rotatable bonds is 7. The number of likely N-dealkylation sites (N-methyl/N-ethyl adjacent to an activating group) is 1. The van der Waals surface area contributed by atoms with Gasteiger partial charge >= 0.3 is 0 Å². The second-order valence-electron chi connectivity index (χ2n) is 6.70. The van der Waals surface area contributed by atoms with Crippen molar-refractivity contribution in [2.45, 2.75) is 46.4 Å². The number of aryl methyl sites for hydroxylation is 1. The number of thiol groups is 1. The van der Waals surface area contributed by atoms with Crippen LogP contribution in [0.3, 0.4) is 0 Å². The van der Waals surface area contributed by atoms with Crippen LogP contribution >= 0.6 is 12.6 Å². The van der Waals surface area contributed by atoms with Gasteiger partial charge < -0.3 is 10.2 Å². The zero-order valence-electron chi connectivity index (χ0n) is 21.3. The summed E-state index contributed by atoms with van der Waals surface area (Å²) in [6.45, 7) is 15.1. The van der Waals surface area contributed by atoms with Gasteiger partial charge in [0.2, 0.25) is 0 Å². The molecule has 0 aliphatic rings. The van der Waals surface area contributed by atoms with Crippen LogP contribution in [0.25, 0.3) is 23.1 Å².